The fraction of sp³-hybridized carbons (Fsp3) is 0.0909. The van der Waals surface area contributed by atoms with Gasteiger partial charge in [-0.05, 0) is 22.0 Å². The van der Waals surface area contributed by atoms with E-state index < -0.39 is 17.7 Å². The van der Waals surface area contributed by atoms with Gasteiger partial charge in [-0.1, -0.05) is 12.1 Å². The summed E-state index contributed by atoms with van der Waals surface area (Å²) >= 11 is 3.00. The van der Waals surface area contributed by atoms with Crippen molar-refractivity contribution in [1.82, 2.24) is 4.98 Å². The molecular weight excluding hydrogens is 315 g/mol. The lowest BCUT2D eigenvalue weighted by atomic mass is 10.1. The Balaban J connectivity index is 2.83. The van der Waals surface area contributed by atoms with Gasteiger partial charge in [0.2, 0.25) is 0 Å². The Kier molecular flexibility index (Phi) is 3.02. The average Bonchev–Trinajstić information content (AvgIpc) is 2.27. The molecule has 18 heavy (non-hydrogen) atoms. The van der Waals surface area contributed by atoms with Crippen molar-refractivity contribution in [2.45, 2.75) is 6.18 Å². The van der Waals surface area contributed by atoms with Crippen LogP contribution in [0.4, 0.5) is 13.2 Å². The van der Waals surface area contributed by atoms with Crippen LogP contribution in [0.3, 0.4) is 0 Å². The van der Waals surface area contributed by atoms with E-state index in [-0.39, 0.29) is 20.9 Å². The number of aromatic carboxylic acids is 1. The Morgan fingerprint density at radius 3 is 2.56 bits per heavy atom. The first-order chi connectivity index (χ1) is 8.32. The minimum Gasteiger partial charge on any atom is -0.478 e. The lowest BCUT2D eigenvalue weighted by Crippen LogP contribution is -2.08. The lowest BCUT2D eigenvalue weighted by molar-refractivity contribution is -0.136. The number of hydrogen-bond donors (Lipinski definition) is 1. The van der Waals surface area contributed by atoms with Crippen LogP contribution in [0.15, 0.2) is 28.9 Å². The number of carboxylic acid groups (broad SMARTS) is 1. The minimum absolute atomic E-state index is 0.0890. The van der Waals surface area contributed by atoms with E-state index >= 15 is 0 Å². The molecule has 2 aromatic rings. The number of fused-ring (bicyclic) bond motifs is 1. The second-order valence-corrected chi connectivity index (χ2v) is 4.28. The van der Waals surface area contributed by atoms with Crippen LogP contribution in [0.25, 0.3) is 10.9 Å². The zero-order chi connectivity index (χ0) is 13.5. The highest BCUT2D eigenvalue weighted by Crippen LogP contribution is 2.36. The third kappa shape index (κ3) is 2.05. The Bertz CT molecular complexity index is 640. The van der Waals surface area contributed by atoms with E-state index in [1.165, 1.54) is 12.1 Å². The number of aromatic nitrogens is 1. The number of carboxylic acids is 1. The summed E-state index contributed by atoms with van der Waals surface area (Å²) in [6.07, 6.45) is -3.62. The van der Waals surface area contributed by atoms with E-state index in [2.05, 4.69) is 20.9 Å². The molecule has 0 fully saturated rings. The number of alkyl halides is 3. The second kappa shape index (κ2) is 4.24. The molecule has 94 valence electrons. The smallest absolute Gasteiger partial charge is 0.418 e. The molecule has 0 atom stereocenters. The van der Waals surface area contributed by atoms with E-state index in [0.29, 0.717) is 0 Å². The van der Waals surface area contributed by atoms with Gasteiger partial charge in [-0.15, -0.1) is 0 Å². The molecule has 2 rings (SSSR count). The van der Waals surface area contributed by atoms with Gasteiger partial charge in [-0.25, -0.2) is 4.79 Å². The van der Waals surface area contributed by atoms with Crippen molar-refractivity contribution in [3.8, 4) is 0 Å². The molecule has 1 N–H and O–H groups in total. The maximum Gasteiger partial charge on any atom is 0.418 e. The highest BCUT2D eigenvalue weighted by Gasteiger charge is 2.33. The number of hydrogen-bond acceptors (Lipinski definition) is 2. The molecule has 1 aromatic carbocycles. The number of benzene rings is 1. The van der Waals surface area contributed by atoms with Gasteiger partial charge in [-0.3, -0.25) is 4.98 Å². The standard InChI is InChI=1S/C11H5BrF3NO2/c12-8-5-2-1-3-7(11(13,14)15)9(5)16-4-6(8)10(17)18/h1-4H,(H,17,18). The first-order valence-corrected chi connectivity index (χ1v) is 5.49. The fourth-order valence-electron chi connectivity index (χ4n) is 1.57. The van der Waals surface area contributed by atoms with Crippen molar-refractivity contribution >= 4 is 32.8 Å². The molecule has 0 spiro atoms. The van der Waals surface area contributed by atoms with E-state index in [9.17, 15) is 18.0 Å². The third-order valence-corrected chi connectivity index (χ3v) is 3.22. The van der Waals surface area contributed by atoms with Crippen molar-refractivity contribution in [3.63, 3.8) is 0 Å². The first kappa shape index (κ1) is 12.8. The molecule has 0 aliphatic heterocycles. The summed E-state index contributed by atoms with van der Waals surface area (Å²) in [5.74, 6) is -1.26. The Morgan fingerprint density at radius 2 is 2.00 bits per heavy atom. The topological polar surface area (TPSA) is 50.2 Å². The molecule has 0 saturated carbocycles. The summed E-state index contributed by atoms with van der Waals surface area (Å²) in [7, 11) is 0. The zero-order valence-electron chi connectivity index (χ0n) is 8.62. The van der Waals surface area contributed by atoms with Gasteiger partial charge in [-0.2, -0.15) is 13.2 Å². The van der Waals surface area contributed by atoms with Crippen molar-refractivity contribution in [2.24, 2.45) is 0 Å². The van der Waals surface area contributed by atoms with Gasteiger partial charge in [0.25, 0.3) is 0 Å². The molecule has 1 heterocycles. The van der Waals surface area contributed by atoms with Gasteiger partial charge in [0.05, 0.1) is 16.6 Å². The number of pyridine rings is 1. The van der Waals surface area contributed by atoms with E-state index in [0.717, 1.165) is 12.3 Å². The van der Waals surface area contributed by atoms with Crippen LogP contribution in [0, 0.1) is 0 Å². The molecule has 1 aromatic heterocycles. The van der Waals surface area contributed by atoms with Gasteiger partial charge >= 0.3 is 12.1 Å². The Morgan fingerprint density at radius 1 is 1.33 bits per heavy atom. The predicted octanol–water partition coefficient (Wildman–Crippen LogP) is 3.71. The van der Waals surface area contributed by atoms with Crippen molar-refractivity contribution in [1.29, 1.82) is 0 Å². The van der Waals surface area contributed by atoms with Crippen LogP contribution < -0.4 is 0 Å². The Hall–Kier alpha value is -1.63. The van der Waals surface area contributed by atoms with Crippen LogP contribution in [-0.2, 0) is 6.18 Å². The van der Waals surface area contributed by atoms with Crippen LogP contribution in [-0.4, -0.2) is 16.1 Å². The first-order valence-electron chi connectivity index (χ1n) is 4.70. The summed E-state index contributed by atoms with van der Waals surface area (Å²) in [5.41, 5.74) is -1.35. The SMILES string of the molecule is O=C(O)c1cnc2c(C(F)(F)F)cccc2c1Br. The number of halogens is 4. The van der Waals surface area contributed by atoms with Crippen LogP contribution >= 0.6 is 15.9 Å². The fourth-order valence-corrected chi connectivity index (χ4v) is 2.16. The van der Waals surface area contributed by atoms with Gasteiger partial charge in [0.15, 0.2) is 0 Å². The maximum absolute atomic E-state index is 12.7. The lowest BCUT2D eigenvalue weighted by Gasteiger charge is -2.11. The second-order valence-electron chi connectivity index (χ2n) is 3.49. The highest BCUT2D eigenvalue weighted by molar-refractivity contribution is 9.10. The van der Waals surface area contributed by atoms with E-state index in [4.69, 9.17) is 5.11 Å². The summed E-state index contributed by atoms with van der Waals surface area (Å²) in [6, 6.07) is 3.50. The number of nitrogens with zero attached hydrogens (tertiary/aromatic N) is 1. The normalized spacial score (nSPS) is 11.8. The zero-order valence-corrected chi connectivity index (χ0v) is 10.2. The monoisotopic (exact) mass is 319 g/mol. The maximum atomic E-state index is 12.7. The van der Waals surface area contributed by atoms with Crippen LogP contribution in [0.1, 0.15) is 15.9 Å². The van der Waals surface area contributed by atoms with Gasteiger partial charge in [0.1, 0.15) is 0 Å². The molecule has 0 amide bonds. The quantitative estimate of drug-likeness (QED) is 0.871. The van der Waals surface area contributed by atoms with Crippen LogP contribution in [0.5, 0.6) is 0 Å². The molecule has 0 bridgehead atoms. The summed E-state index contributed by atoms with van der Waals surface area (Å²) in [5, 5.41) is 8.98. The number of carbonyl (C=O) groups is 1. The van der Waals surface area contributed by atoms with Crippen molar-refractivity contribution in [2.75, 3.05) is 0 Å². The highest BCUT2D eigenvalue weighted by atomic mass is 79.9. The number of para-hydroxylation sites is 1. The molecule has 0 aliphatic carbocycles. The van der Waals surface area contributed by atoms with Crippen LogP contribution in [0.2, 0.25) is 0 Å². The largest absolute Gasteiger partial charge is 0.478 e. The molecule has 0 saturated heterocycles. The van der Waals surface area contributed by atoms with Crippen molar-refractivity contribution in [3.05, 3.63) is 40.0 Å². The third-order valence-electron chi connectivity index (χ3n) is 2.37. The summed E-state index contributed by atoms with van der Waals surface area (Å²) in [4.78, 5) is 14.5. The Labute approximate surface area is 107 Å². The van der Waals surface area contributed by atoms with Gasteiger partial charge in [0, 0.05) is 16.1 Å². The summed E-state index contributed by atoms with van der Waals surface area (Å²) in [6.45, 7) is 0. The molecule has 0 unspecified atom stereocenters. The number of rotatable bonds is 1. The molecule has 0 aliphatic rings. The molecule has 7 heteroatoms. The average molecular weight is 320 g/mol. The van der Waals surface area contributed by atoms with Gasteiger partial charge < -0.3 is 5.11 Å². The molecule has 0 radical (unpaired) electrons. The molecular formula is C11H5BrF3NO2. The summed E-state index contributed by atoms with van der Waals surface area (Å²) < 4.78 is 38.3. The minimum atomic E-state index is -4.53. The van der Waals surface area contributed by atoms with E-state index in [1.807, 2.05) is 0 Å². The van der Waals surface area contributed by atoms with Crippen molar-refractivity contribution < 1.29 is 23.1 Å². The van der Waals surface area contributed by atoms with E-state index in [1.54, 1.807) is 0 Å². The predicted molar refractivity (Wildman–Crippen MR) is 61.4 cm³/mol. The molecule has 3 nitrogen and oxygen atoms in total.